The van der Waals surface area contributed by atoms with E-state index in [9.17, 15) is 0 Å². The Morgan fingerprint density at radius 2 is 1.64 bits per heavy atom. The Morgan fingerprint density at radius 3 is 2.36 bits per heavy atom. The van der Waals surface area contributed by atoms with Crippen molar-refractivity contribution in [3.8, 4) is 17.6 Å². The van der Waals surface area contributed by atoms with Crippen LogP contribution in [0, 0.1) is 11.8 Å². The molecule has 0 aromatic heterocycles. The first-order valence-corrected chi connectivity index (χ1v) is 9.34. The Kier molecular flexibility index (Phi) is 8.49. The van der Waals surface area contributed by atoms with E-state index in [1.54, 1.807) is 0 Å². The summed E-state index contributed by atoms with van der Waals surface area (Å²) in [6.45, 7) is 3.02. The average molecular weight is 335 g/mol. The first kappa shape index (κ1) is 18.9. The summed E-state index contributed by atoms with van der Waals surface area (Å²) in [5.74, 6) is 7.41. The highest BCUT2D eigenvalue weighted by Gasteiger charge is 1.95. The second kappa shape index (κ2) is 11.2. The number of benzene rings is 2. The monoisotopic (exact) mass is 335 g/mol. The number of nitrogens with two attached hydrogens (primary N) is 1. The molecule has 132 valence electrons. The third-order valence-electron chi connectivity index (χ3n) is 4.10. The number of aryl methyl sites for hydroxylation is 1. The molecule has 0 aliphatic carbocycles. The van der Waals surface area contributed by atoms with Crippen LogP contribution in [-0.4, -0.2) is 6.61 Å². The van der Waals surface area contributed by atoms with Crippen LogP contribution < -0.4 is 10.5 Å². The molecular formula is C23H29NO. The minimum Gasteiger partial charge on any atom is -0.494 e. The second-order valence-electron chi connectivity index (χ2n) is 6.33. The highest BCUT2D eigenvalue weighted by molar-refractivity contribution is 5.39. The van der Waals surface area contributed by atoms with E-state index in [4.69, 9.17) is 10.5 Å². The van der Waals surface area contributed by atoms with Crippen molar-refractivity contribution in [2.45, 2.75) is 51.9 Å². The lowest BCUT2D eigenvalue weighted by Crippen LogP contribution is -1.96. The molecule has 0 radical (unpaired) electrons. The van der Waals surface area contributed by atoms with Crippen LogP contribution in [0.4, 0.5) is 5.69 Å². The van der Waals surface area contributed by atoms with Gasteiger partial charge in [0.25, 0.3) is 0 Å². The molecule has 0 saturated heterocycles. The highest BCUT2D eigenvalue weighted by Crippen LogP contribution is 2.13. The number of nitrogen functional groups attached to an aromatic ring is 1. The second-order valence-corrected chi connectivity index (χ2v) is 6.33. The molecule has 0 amide bonds. The molecule has 0 aliphatic rings. The van der Waals surface area contributed by atoms with E-state index in [2.05, 4.69) is 30.9 Å². The van der Waals surface area contributed by atoms with Crippen LogP contribution in [0.1, 0.15) is 56.6 Å². The van der Waals surface area contributed by atoms with Crippen LogP contribution in [0.15, 0.2) is 48.5 Å². The Morgan fingerprint density at radius 1 is 0.880 bits per heavy atom. The van der Waals surface area contributed by atoms with E-state index in [-0.39, 0.29) is 0 Å². The maximum absolute atomic E-state index is 5.75. The third-order valence-corrected chi connectivity index (χ3v) is 4.10. The number of ether oxygens (including phenoxy) is 1. The van der Waals surface area contributed by atoms with Crippen molar-refractivity contribution in [3.63, 3.8) is 0 Å². The molecule has 2 rings (SSSR count). The molecule has 0 spiro atoms. The quantitative estimate of drug-likeness (QED) is 0.368. The van der Waals surface area contributed by atoms with Gasteiger partial charge < -0.3 is 10.5 Å². The standard InChI is InChI=1S/C23H29NO/c1-2-3-4-8-19-25-23-17-13-21(14-18-23)10-7-5-6-9-20-11-15-22(24)16-12-20/h11-18H,2-6,8-9,19,24H2,1H3. The zero-order valence-electron chi connectivity index (χ0n) is 15.3. The van der Waals surface area contributed by atoms with E-state index >= 15 is 0 Å². The fourth-order valence-electron chi connectivity index (χ4n) is 2.58. The molecule has 2 aromatic carbocycles. The zero-order chi connectivity index (χ0) is 17.7. The fraction of sp³-hybridized carbons (Fsp3) is 0.391. The number of hydrogen-bond donors (Lipinski definition) is 1. The van der Waals surface area contributed by atoms with Crippen LogP contribution in [0.3, 0.4) is 0 Å². The Bertz CT molecular complexity index is 662. The summed E-state index contributed by atoms with van der Waals surface area (Å²) in [5.41, 5.74) is 8.87. The molecule has 0 fully saturated rings. The molecule has 2 nitrogen and oxygen atoms in total. The van der Waals surface area contributed by atoms with Crippen LogP contribution in [0.5, 0.6) is 5.75 Å². The number of hydrogen-bond acceptors (Lipinski definition) is 2. The summed E-state index contributed by atoms with van der Waals surface area (Å²) >= 11 is 0. The molecule has 0 aliphatic heterocycles. The number of anilines is 1. The first-order chi connectivity index (χ1) is 12.3. The minimum absolute atomic E-state index is 0.802. The predicted molar refractivity (Wildman–Crippen MR) is 107 cm³/mol. The van der Waals surface area contributed by atoms with Gasteiger partial charge in [-0.15, -0.1) is 0 Å². The van der Waals surface area contributed by atoms with Crippen LogP contribution in [0.2, 0.25) is 0 Å². The minimum atomic E-state index is 0.802. The van der Waals surface area contributed by atoms with Gasteiger partial charge in [0.1, 0.15) is 5.75 Å². The van der Waals surface area contributed by atoms with Crippen LogP contribution >= 0.6 is 0 Å². The molecule has 0 unspecified atom stereocenters. The number of rotatable bonds is 9. The van der Waals surface area contributed by atoms with E-state index in [1.165, 1.54) is 24.8 Å². The third kappa shape index (κ3) is 7.81. The molecule has 2 N–H and O–H groups in total. The van der Waals surface area contributed by atoms with Crippen molar-refractivity contribution >= 4 is 5.69 Å². The van der Waals surface area contributed by atoms with Gasteiger partial charge in [-0.05, 0) is 61.2 Å². The average Bonchev–Trinajstić information content (AvgIpc) is 2.64. The van der Waals surface area contributed by atoms with Gasteiger partial charge in [0, 0.05) is 17.7 Å². The van der Waals surface area contributed by atoms with Gasteiger partial charge in [-0.2, -0.15) is 0 Å². The van der Waals surface area contributed by atoms with Crippen molar-refractivity contribution in [2.24, 2.45) is 0 Å². The van der Waals surface area contributed by atoms with Crippen molar-refractivity contribution in [2.75, 3.05) is 12.3 Å². The molecular weight excluding hydrogens is 306 g/mol. The first-order valence-electron chi connectivity index (χ1n) is 9.34. The van der Waals surface area contributed by atoms with Gasteiger partial charge in [-0.1, -0.05) is 50.2 Å². The summed E-state index contributed by atoms with van der Waals surface area (Å²) in [7, 11) is 0. The van der Waals surface area contributed by atoms with E-state index < -0.39 is 0 Å². The Hall–Kier alpha value is -2.40. The van der Waals surface area contributed by atoms with Gasteiger partial charge in [0.2, 0.25) is 0 Å². The van der Waals surface area contributed by atoms with Gasteiger partial charge in [0.15, 0.2) is 0 Å². The fourth-order valence-corrected chi connectivity index (χ4v) is 2.58. The predicted octanol–water partition coefficient (Wildman–Crippen LogP) is 5.60. The molecule has 0 bridgehead atoms. The highest BCUT2D eigenvalue weighted by atomic mass is 16.5. The van der Waals surface area contributed by atoms with Gasteiger partial charge >= 0.3 is 0 Å². The summed E-state index contributed by atoms with van der Waals surface area (Å²) in [5, 5.41) is 0. The summed E-state index contributed by atoms with van der Waals surface area (Å²) in [6.07, 6.45) is 7.93. The lowest BCUT2D eigenvalue weighted by molar-refractivity contribution is 0.305. The topological polar surface area (TPSA) is 35.2 Å². The van der Waals surface area contributed by atoms with Crippen LogP contribution in [0.25, 0.3) is 0 Å². The maximum atomic E-state index is 5.75. The zero-order valence-corrected chi connectivity index (χ0v) is 15.3. The Balaban J connectivity index is 1.67. The molecule has 2 aromatic rings. The summed E-state index contributed by atoms with van der Waals surface area (Å²) in [6, 6.07) is 16.2. The van der Waals surface area contributed by atoms with Crippen molar-refractivity contribution < 1.29 is 4.74 Å². The summed E-state index contributed by atoms with van der Waals surface area (Å²) < 4.78 is 5.75. The van der Waals surface area contributed by atoms with Crippen molar-refractivity contribution in [1.82, 2.24) is 0 Å². The molecule has 25 heavy (non-hydrogen) atoms. The maximum Gasteiger partial charge on any atom is 0.119 e. The molecule has 0 heterocycles. The van der Waals surface area contributed by atoms with E-state index in [1.807, 2.05) is 36.4 Å². The lowest BCUT2D eigenvalue weighted by atomic mass is 10.1. The van der Waals surface area contributed by atoms with Crippen LogP contribution in [-0.2, 0) is 6.42 Å². The molecule has 2 heteroatoms. The van der Waals surface area contributed by atoms with Gasteiger partial charge in [-0.25, -0.2) is 0 Å². The smallest absolute Gasteiger partial charge is 0.119 e. The van der Waals surface area contributed by atoms with Gasteiger partial charge in [-0.3, -0.25) is 0 Å². The summed E-state index contributed by atoms with van der Waals surface area (Å²) in [4.78, 5) is 0. The SMILES string of the molecule is CCCCCCOc1ccc(C#CCCCc2ccc(N)cc2)cc1. The molecule has 0 atom stereocenters. The number of unbranched alkanes of at least 4 members (excludes halogenated alkanes) is 4. The van der Waals surface area contributed by atoms with Gasteiger partial charge in [0.05, 0.1) is 6.61 Å². The normalized spacial score (nSPS) is 10.1. The molecule has 0 saturated carbocycles. The van der Waals surface area contributed by atoms with E-state index in [0.29, 0.717) is 0 Å². The van der Waals surface area contributed by atoms with E-state index in [0.717, 1.165) is 49.3 Å². The largest absolute Gasteiger partial charge is 0.494 e. The Labute approximate surface area is 152 Å². The van der Waals surface area contributed by atoms with Crippen molar-refractivity contribution in [1.29, 1.82) is 0 Å². The lowest BCUT2D eigenvalue weighted by Gasteiger charge is -2.05. The van der Waals surface area contributed by atoms with Crippen molar-refractivity contribution in [3.05, 3.63) is 59.7 Å².